The molecule has 21 heavy (non-hydrogen) atoms. The lowest BCUT2D eigenvalue weighted by atomic mass is 10.1. The Bertz CT molecular complexity index is 269. The number of nitrogens with zero attached hydrogens (tertiary/aromatic N) is 1. The van der Waals surface area contributed by atoms with Crippen molar-refractivity contribution in [1.82, 2.24) is 10.6 Å². The molecular formula is C15H31N3O3. The molecule has 1 saturated heterocycles. The fourth-order valence-electron chi connectivity index (χ4n) is 2.08. The summed E-state index contributed by atoms with van der Waals surface area (Å²) in [5, 5.41) is 6.48. The van der Waals surface area contributed by atoms with Gasteiger partial charge in [-0.15, -0.1) is 0 Å². The van der Waals surface area contributed by atoms with Gasteiger partial charge in [0.25, 0.3) is 0 Å². The van der Waals surface area contributed by atoms with Crippen LogP contribution in [0.3, 0.4) is 0 Å². The van der Waals surface area contributed by atoms with Crippen molar-refractivity contribution in [3.05, 3.63) is 0 Å². The number of nitrogens with one attached hydrogen (secondary N) is 2. The van der Waals surface area contributed by atoms with Gasteiger partial charge in [0.1, 0.15) is 0 Å². The molecule has 0 spiro atoms. The van der Waals surface area contributed by atoms with Gasteiger partial charge in [-0.1, -0.05) is 0 Å². The quantitative estimate of drug-likeness (QED) is 0.360. The van der Waals surface area contributed by atoms with Crippen molar-refractivity contribution < 1.29 is 14.2 Å². The zero-order chi connectivity index (χ0) is 15.2. The standard InChI is InChI=1S/C15H31N3O3/c1-3-16-15(18-9-13-19-4-2)17-8-5-10-21-14-6-11-20-12-7-14/h14H,3-13H2,1-2H3,(H2,16,17,18). The molecule has 1 fully saturated rings. The minimum absolute atomic E-state index is 0.375. The number of hydrogen-bond acceptors (Lipinski definition) is 4. The first-order valence-electron chi connectivity index (χ1n) is 8.16. The summed E-state index contributed by atoms with van der Waals surface area (Å²) in [7, 11) is 0. The summed E-state index contributed by atoms with van der Waals surface area (Å²) in [6.45, 7) is 10.4. The molecule has 0 atom stereocenters. The Morgan fingerprint density at radius 3 is 2.71 bits per heavy atom. The van der Waals surface area contributed by atoms with Gasteiger partial charge in [-0.25, -0.2) is 0 Å². The molecule has 0 bridgehead atoms. The average molecular weight is 301 g/mol. The van der Waals surface area contributed by atoms with Crippen LogP contribution >= 0.6 is 0 Å². The van der Waals surface area contributed by atoms with Crippen molar-refractivity contribution in [3.8, 4) is 0 Å². The molecule has 1 aliphatic heterocycles. The molecule has 0 aromatic carbocycles. The van der Waals surface area contributed by atoms with Gasteiger partial charge in [-0.05, 0) is 33.1 Å². The van der Waals surface area contributed by atoms with Crippen LogP contribution < -0.4 is 10.6 Å². The summed E-state index contributed by atoms with van der Waals surface area (Å²) < 4.78 is 16.4. The van der Waals surface area contributed by atoms with Crippen molar-refractivity contribution in [2.24, 2.45) is 4.99 Å². The first-order valence-corrected chi connectivity index (χ1v) is 8.16. The highest BCUT2D eigenvalue weighted by Crippen LogP contribution is 2.10. The third kappa shape index (κ3) is 9.66. The van der Waals surface area contributed by atoms with E-state index < -0.39 is 0 Å². The summed E-state index contributed by atoms with van der Waals surface area (Å²) in [5.74, 6) is 0.850. The Morgan fingerprint density at radius 1 is 1.19 bits per heavy atom. The average Bonchev–Trinajstić information content (AvgIpc) is 2.52. The second-order valence-corrected chi connectivity index (χ2v) is 4.92. The molecule has 1 rings (SSSR count). The molecule has 0 radical (unpaired) electrons. The lowest BCUT2D eigenvalue weighted by molar-refractivity contribution is -0.0318. The summed E-state index contributed by atoms with van der Waals surface area (Å²) in [6, 6.07) is 0. The van der Waals surface area contributed by atoms with E-state index in [-0.39, 0.29) is 0 Å². The van der Waals surface area contributed by atoms with E-state index in [1.54, 1.807) is 0 Å². The van der Waals surface area contributed by atoms with Crippen molar-refractivity contribution in [2.45, 2.75) is 39.2 Å². The number of hydrogen-bond donors (Lipinski definition) is 2. The highest BCUT2D eigenvalue weighted by atomic mass is 16.5. The predicted molar refractivity (Wildman–Crippen MR) is 84.9 cm³/mol. The summed E-state index contributed by atoms with van der Waals surface area (Å²) in [4.78, 5) is 4.53. The molecule has 1 aliphatic rings. The van der Waals surface area contributed by atoms with Crippen LogP contribution in [0.1, 0.15) is 33.1 Å². The van der Waals surface area contributed by atoms with Gasteiger partial charge in [0.2, 0.25) is 0 Å². The van der Waals surface area contributed by atoms with Gasteiger partial charge in [0.05, 0.1) is 12.7 Å². The number of rotatable bonds is 10. The normalized spacial score (nSPS) is 17.0. The van der Waals surface area contributed by atoms with Crippen LogP contribution in [0.15, 0.2) is 4.99 Å². The van der Waals surface area contributed by atoms with Gasteiger partial charge in [-0.3, -0.25) is 4.99 Å². The van der Waals surface area contributed by atoms with Gasteiger partial charge in [0.15, 0.2) is 5.96 Å². The Kier molecular flexibility index (Phi) is 11.1. The molecule has 0 aliphatic carbocycles. The van der Waals surface area contributed by atoms with Crippen molar-refractivity contribution in [3.63, 3.8) is 0 Å². The van der Waals surface area contributed by atoms with Crippen molar-refractivity contribution in [2.75, 3.05) is 52.7 Å². The third-order valence-corrected chi connectivity index (χ3v) is 3.18. The second kappa shape index (κ2) is 12.9. The van der Waals surface area contributed by atoms with Crippen LogP contribution in [0.5, 0.6) is 0 Å². The Balaban J connectivity index is 2.08. The molecular weight excluding hydrogens is 270 g/mol. The van der Waals surface area contributed by atoms with Gasteiger partial charge >= 0.3 is 0 Å². The van der Waals surface area contributed by atoms with Crippen LogP contribution in [-0.2, 0) is 14.2 Å². The maximum atomic E-state index is 5.83. The van der Waals surface area contributed by atoms with E-state index in [4.69, 9.17) is 14.2 Å². The Morgan fingerprint density at radius 2 is 2.00 bits per heavy atom. The Labute approximate surface area is 128 Å². The molecule has 6 nitrogen and oxygen atoms in total. The molecule has 2 N–H and O–H groups in total. The summed E-state index contributed by atoms with van der Waals surface area (Å²) >= 11 is 0. The highest BCUT2D eigenvalue weighted by molar-refractivity contribution is 5.79. The molecule has 0 unspecified atom stereocenters. The van der Waals surface area contributed by atoms with Crippen molar-refractivity contribution in [1.29, 1.82) is 0 Å². The summed E-state index contributed by atoms with van der Waals surface area (Å²) in [5.41, 5.74) is 0. The van der Waals surface area contributed by atoms with E-state index in [1.807, 2.05) is 6.92 Å². The smallest absolute Gasteiger partial charge is 0.191 e. The molecule has 6 heteroatoms. The highest BCUT2D eigenvalue weighted by Gasteiger charge is 2.13. The minimum atomic E-state index is 0.375. The predicted octanol–water partition coefficient (Wildman–Crippen LogP) is 1.16. The second-order valence-electron chi connectivity index (χ2n) is 4.92. The van der Waals surface area contributed by atoms with Crippen LogP contribution in [0.4, 0.5) is 0 Å². The maximum absolute atomic E-state index is 5.83. The lowest BCUT2D eigenvalue weighted by Gasteiger charge is -2.22. The first-order chi connectivity index (χ1) is 10.4. The molecule has 124 valence electrons. The zero-order valence-electron chi connectivity index (χ0n) is 13.5. The minimum Gasteiger partial charge on any atom is -0.381 e. The Hall–Kier alpha value is -0.850. The first kappa shape index (κ1) is 18.2. The topological polar surface area (TPSA) is 64.1 Å². The van der Waals surface area contributed by atoms with Crippen molar-refractivity contribution >= 4 is 5.96 Å². The molecule has 0 amide bonds. The molecule has 1 heterocycles. The fourth-order valence-corrected chi connectivity index (χ4v) is 2.08. The van der Waals surface area contributed by atoms with E-state index in [0.29, 0.717) is 12.7 Å². The summed E-state index contributed by atoms with van der Waals surface area (Å²) in [6.07, 6.45) is 3.36. The van der Waals surface area contributed by atoms with Crippen LogP contribution in [0, 0.1) is 0 Å². The van der Waals surface area contributed by atoms with Gasteiger partial charge in [-0.2, -0.15) is 0 Å². The van der Waals surface area contributed by atoms with E-state index >= 15 is 0 Å². The van der Waals surface area contributed by atoms with E-state index in [2.05, 4.69) is 22.5 Å². The number of ether oxygens (including phenoxy) is 3. The third-order valence-electron chi connectivity index (χ3n) is 3.18. The molecule has 0 aromatic rings. The van der Waals surface area contributed by atoms with Crippen LogP contribution in [-0.4, -0.2) is 64.7 Å². The molecule has 0 aromatic heterocycles. The largest absolute Gasteiger partial charge is 0.381 e. The fraction of sp³-hybridized carbons (Fsp3) is 0.933. The van der Waals surface area contributed by atoms with Crippen LogP contribution in [0.2, 0.25) is 0 Å². The van der Waals surface area contributed by atoms with E-state index in [0.717, 1.165) is 71.3 Å². The van der Waals surface area contributed by atoms with Gasteiger partial charge < -0.3 is 24.8 Å². The van der Waals surface area contributed by atoms with Gasteiger partial charge in [0, 0.05) is 46.1 Å². The zero-order valence-corrected chi connectivity index (χ0v) is 13.5. The maximum Gasteiger partial charge on any atom is 0.191 e. The van der Waals surface area contributed by atoms with E-state index in [9.17, 15) is 0 Å². The van der Waals surface area contributed by atoms with E-state index in [1.165, 1.54) is 0 Å². The monoisotopic (exact) mass is 301 g/mol. The molecule has 0 saturated carbocycles. The SMILES string of the molecule is CCNC(=NCCCOC1CCOCC1)NCCOCC. The number of aliphatic imine (C=N–C) groups is 1. The number of guanidine groups is 1. The van der Waals surface area contributed by atoms with Crippen LogP contribution in [0.25, 0.3) is 0 Å². The lowest BCUT2D eigenvalue weighted by Crippen LogP contribution is -2.39.